The van der Waals surface area contributed by atoms with Crippen molar-refractivity contribution in [2.45, 2.75) is 11.0 Å². The standard InChI is InChI=1S/C30H27NO6S/c1-35-27-18-23(19-28(36-2)30(27)37-3)20-11-9-12-22(16-20)29(32)26-17-21-10-7-8-15-25(21)31(26)38(33,34)24-13-5-4-6-14-24/h4-19,29,32H,1-3H3. The molecule has 0 spiro atoms. The van der Waals surface area contributed by atoms with Crippen LogP contribution in [0.2, 0.25) is 0 Å². The smallest absolute Gasteiger partial charge is 0.268 e. The zero-order chi connectivity index (χ0) is 26.9. The van der Waals surface area contributed by atoms with Gasteiger partial charge in [-0.15, -0.1) is 0 Å². The van der Waals surface area contributed by atoms with Crippen LogP contribution in [0.25, 0.3) is 22.0 Å². The summed E-state index contributed by atoms with van der Waals surface area (Å²) in [7, 11) is 0.655. The van der Waals surface area contributed by atoms with Gasteiger partial charge in [0.05, 0.1) is 37.4 Å². The number of ether oxygens (including phenoxy) is 3. The Kier molecular flexibility index (Phi) is 6.84. The Balaban J connectivity index is 1.64. The predicted molar refractivity (Wildman–Crippen MR) is 147 cm³/mol. The van der Waals surface area contributed by atoms with Crippen LogP contribution in [0.15, 0.2) is 102 Å². The van der Waals surface area contributed by atoms with Gasteiger partial charge < -0.3 is 19.3 Å². The highest BCUT2D eigenvalue weighted by Crippen LogP contribution is 2.42. The number of nitrogens with zero attached hydrogens (tertiary/aromatic N) is 1. The first-order chi connectivity index (χ1) is 18.4. The summed E-state index contributed by atoms with van der Waals surface area (Å²) in [5.74, 6) is 1.48. The Bertz CT molecular complexity index is 1680. The zero-order valence-electron chi connectivity index (χ0n) is 21.2. The number of rotatable bonds is 8. The Morgan fingerprint density at radius 1 is 0.711 bits per heavy atom. The molecular weight excluding hydrogens is 502 g/mol. The monoisotopic (exact) mass is 529 g/mol. The molecule has 0 radical (unpaired) electrons. The molecule has 38 heavy (non-hydrogen) atoms. The largest absolute Gasteiger partial charge is 0.493 e. The van der Waals surface area contributed by atoms with Crippen LogP contribution >= 0.6 is 0 Å². The summed E-state index contributed by atoms with van der Waals surface area (Å²) in [5, 5.41) is 12.3. The number of hydrogen-bond acceptors (Lipinski definition) is 6. The second-order valence-corrected chi connectivity index (χ2v) is 10.4. The van der Waals surface area contributed by atoms with Crippen LogP contribution in [0.3, 0.4) is 0 Å². The SMILES string of the molecule is COc1cc(-c2cccc(C(O)c3cc4ccccc4n3S(=O)(=O)c3ccccc3)c2)cc(OC)c1OC. The maximum Gasteiger partial charge on any atom is 0.268 e. The number of hydrogen-bond donors (Lipinski definition) is 1. The summed E-state index contributed by atoms with van der Waals surface area (Å²) in [4.78, 5) is 0.140. The van der Waals surface area contributed by atoms with Gasteiger partial charge in [0.2, 0.25) is 5.75 Å². The van der Waals surface area contributed by atoms with Crippen molar-refractivity contribution in [1.82, 2.24) is 3.97 Å². The fourth-order valence-electron chi connectivity index (χ4n) is 4.61. The number of aliphatic hydroxyl groups is 1. The van der Waals surface area contributed by atoms with E-state index in [1.54, 1.807) is 75.9 Å². The van der Waals surface area contributed by atoms with Crippen LogP contribution in [-0.4, -0.2) is 38.8 Å². The molecule has 0 saturated carbocycles. The highest BCUT2D eigenvalue weighted by molar-refractivity contribution is 7.90. The van der Waals surface area contributed by atoms with E-state index in [1.807, 2.05) is 42.5 Å². The lowest BCUT2D eigenvalue weighted by molar-refractivity contribution is 0.214. The normalized spacial score (nSPS) is 12.3. The van der Waals surface area contributed by atoms with Gasteiger partial charge in [0, 0.05) is 5.39 Å². The molecule has 0 aliphatic rings. The van der Waals surface area contributed by atoms with E-state index in [1.165, 1.54) is 3.97 Å². The van der Waals surface area contributed by atoms with E-state index in [-0.39, 0.29) is 10.6 Å². The van der Waals surface area contributed by atoms with Gasteiger partial charge in [0.15, 0.2) is 11.5 Å². The first-order valence-electron chi connectivity index (χ1n) is 11.9. The molecule has 1 N–H and O–H groups in total. The lowest BCUT2D eigenvalue weighted by atomic mass is 9.98. The van der Waals surface area contributed by atoms with Crippen LogP contribution < -0.4 is 14.2 Å². The van der Waals surface area contributed by atoms with Crippen molar-refractivity contribution >= 4 is 20.9 Å². The van der Waals surface area contributed by atoms with Crippen LogP contribution in [0.4, 0.5) is 0 Å². The first kappa shape index (κ1) is 25.4. The van der Waals surface area contributed by atoms with Crippen LogP contribution in [0.5, 0.6) is 17.2 Å². The highest BCUT2D eigenvalue weighted by Gasteiger charge is 2.27. The van der Waals surface area contributed by atoms with E-state index in [0.717, 1.165) is 11.1 Å². The van der Waals surface area contributed by atoms with E-state index in [4.69, 9.17) is 14.2 Å². The van der Waals surface area contributed by atoms with E-state index in [0.29, 0.717) is 33.7 Å². The Morgan fingerprint density at radius 3 is 2.03 bits per heavy atom. The Labute approximate surface area is 221 Å². The van der Waals surface area contributed by atoms with Crippen molar-refractivity contribution in [3.8, 4) is 28.4 Å². The van der Waals surface area contributed by atoms with Gasteiger partial charge in [-0.1, -0.05) is 54.6 Å². The topological polar surface area (TPSA) is 87.0 Å². The van der Waals surface area contributed by atoms with Crippen molar-refractivity contribution in [2.24, 2.45) is 0 Å². The van der Waals surface area contributed by atoms with Gasteiger partial charge in [0.1, 0.15) is 6.10 Å². The third-order valence-electron chi connectivity index (χ3n) is 6.46. The van der Waals surface area contributed by atoms with Crippen molar-refractivity contribution in [1.29, 1.82) is 0 Å². The minimum atomic E-state index is -3.98. The summed E-state index contributed by atoms with van der Waals surface area (Å²) < 4.78 is 45.2. The summed E-state index contributed by atoms with van der Waals surface area (Å²) in [5.41, 5.74) is 2.84. The van der Waals surface area contributed by atoms with E-state index >= 15 is 0 Å². The lowest BCUT2D eigenvalue weighted by Crippen LogP contribution is -2.18. The summed E-state index contributed by atoms with van der Waals surface area (Å²) in [6.45, 7) is 0. The number of aromatic nitrogens is 1. The first-order valence-corrected chi connectivity index (χ1v) is 13.3. The third-order valence-corrected chi connectivity index (χ3v) is 8.21. The van der Waals surface area contributed by atoms with Gasteiger partial charge in [-0.05, 0) is 59.2 Å². The minimum Gasteiger partial charge on any atom is -0.493 e. The summed E-state index contributed by atoms with van der Waals surface area (Å²) >= 11 is 0. The van der Waals surface area contributed by atoms with Gasteiger partial charge in [-0.2, -0.15) is 0 Å². The molecule has 0 bridgehead atoms. The number of benzene rings is 4. The third kappa shape index (κ3) is 4.38. The average Bonchev–Trinajstić information content (AvgIpc) is 3.37. The second-order valence-electron chi connectivity index (χ2n) is 8.65. The molecule has 0 aliphatic carbocycles. The summed E-state index contributed by atoms with van der Waals surface area (Å²) in [6, 6.07) is 28.0. The lowest BCUT2D eigenvalue weighted by Gasteiger charge is -2.18. The molecule has 1 unspecified atom stereocenters. The van der Waals surface area contributed by atoms with Crippen LogP contribution in [0.1, 0.15) is 17.4 Å². The zero-order valence-corrected chi connectivity index (χ0v) is 22.0. The number of para-hydroxylation sites is 1. The van der Waals surface area contributed by atoms with Crippen LogP contribution in [-0.2, 0) is 10.0 Å². The molecular formula is C30H27NO6S. The molecule has 4 aromatic carbocycles. The van der Waals surface area contributed by atoms with E-state index < -0.39 is 16.1 Å². The highest BCUT2D eigenvalue weighted by atomic mass is 32.2. The van der Waals surface area contributed by atoms with Gasteiger partial charge >= 0.3 is 0 Å². The molecule has 1 heterocycles. The molecule has 1 atom stereocenters. The average molecular weight is 530 g/mol. The molecule has 5 aromatic rings. The van der Waals surface area contributed by atoms with Crippen molar-refractivity contribution in [2.75, 3.05) is 21.3 Å². The second kappa shape index (κ2) is 10.2. The Morgan fingerprint density at radius 2 is 1.37 bits per heavy atom. The molecule has 0 aliphatic heterocycles. The van der Waals surface area contributed by atoms with Crippen molar-refractivity contribution < 1.29 is 27.7 Å². The predicted octanol–water partition coefficient (Wildman–Crippen LogP) is 5.65. The molecule has 0 fully saturated rings. The van der Waals surface area contributed by atoms with Gasteiger partial charge in [0.25, 0.3) is 10.0 Å². The van der Waals surface area contributed by atoms with Crippen molar-refractivity contribution in [3.63, 3.8) is 0 Å². The molecule has 7 nitrogen and oxygen atoms in total. The Hall–Kier alpha value is -4.27. The maximum atomic E-state index is 13.8. The molecule has 8 heteroatoms. The summed E-state index contributed by atoms with van der Waals surface area (Å²) in [6.07, 6.45) is -1.22. The minimum absolute atomic E-state index is 0.140. The fourth-order valence-corrected chi connectivity index (χ4v) is 6.18. The fraction of sp³-hybridized carbons (Fsp3) is 0.133. The van der Waals surface area contributed by atoms with Crippen LogP contribution in [0, 0.1) is 0 Å². The van der Waals surface area contributed by atoms with Gasteiger partial charge in [-0.3, -0.25) is 0 Å². The molecule has 0 saturated heterocycles. The van der Waals surface area contributed by atoms with Crippen molar-refractivity contribution in [3.05, 3.63) is 108 Å². The molecule has 194 valence electrons. The molecule has 1 aromatic heterocycles. The number of methoxy groups -OCH3 is 3. The van der Waals surface area contributed by atoms with Gasteiger partial charge in [-0.25, -0.2) is 12.4 Å². The van der Waals surface area contributed by atoms with E-state index in [9.17, 15) is 13.5 Å². The maximum absolute atomic E-state index is 13.8. The number of aliphatic hydroxyl groups excluding tert-OH is 1. The molecule has 0 amide bonds. The number of fused-ring (bicyclic) bond motifs is 1. The van der Waals surface area contributed by atoms with E-state index in [2.05, 4.69) is 0 Å². The quantitative estimate of drug-likeness (QED) is 0.279. The molecule has 5 rings (SSSR count).